The second-order valence-electron chi connectivity index (χ2n) is 8.16. The number of ketones is 1. The third-order valence-electron chi connectivity index (χ3n) is 6.15. The van der Waals surface area contributed by atoms with Crippen molar-refractivity contribution in [3.63, 3.8) is 0 Å². The average Bonchev–Trinajstić information content (AvgIpc) is 3.30. The number of aromatic nitrogens is 1. The molecule has 2 atom stereocenters. The molecular formula is C25H27N3O6. The molecule has 0 bridgehead atoms. The zero-order chi connectivity index (χ0) is 24.1. The van der Waals surface area contributed by atoms with Crippen molar-refractivity contribution in [3.05, 3.63) is 66.1 Å². The second kappa shape index (κ2) is 10.0. The van der Waals surface area contributed by atoms with Crippen molar-refractivity contribution in [2.75, 3.05) is 26.3 Å². The van der Waals surface area contributed by atoms with E-state index in [-0.39, 0.29) is 24.6 Å². The van der Waals surface area contributed by atoms with E-state index in [0.717, 1.165) is 5.56 Å². The Labute approximate surface area is 196 Å². The summed E-state index contributed by atoms with van der Waals surface area (Å²) in [6.07, 6.45) is -0.996. The number of para-hydroxylation sites is 2. The molecule has 0 saturated carbocycles. The smallest absolute Gasteiger partial charge is 0.405 e. The number of fused-ring (bicyclic) bond motifs is 1. The molecular weight excluding hydrogens is 438 g/mol. The molecule has 178 valence electrons. The first-order valence-electron chi connectivity index (χ1n) is 11.2. The van der Waals surface area contributed by atoms with E-state index in [2.05, 4.69) is 4.98 Å². The van der Waals surface area contributed by atoms with Crippen LogP contribution in [0.3, 0.4) is 0 Å². The first-order chi connectivity index (χ1) is 16.4. The summed E-state index contributed by atoms with van der Waals surface area (Å²) in [4.78, 5) is 45.8. The standard InChI is InChI=1S/C25H27N3O6/c1-2-25(34-24(26)31,21(29)22-27-19-10-6-7-11-20(19)33-22)18(16-17-8-4-3-5-9-17)23(30)28-12-14-32-15-13-28/h3-11,18H,2,12-16H2,1H3,(H2,26,31). The van der Waals surface area contributed by atoms with Crippen molar-refractivity contribution in [2.45, 2.75) is 25.4 Å². The van der Waals surface area contributed by atoms with Crippen molar-refractivity contribution in [1.82, 2.24) is 9.88 Å². The molecule has 1 aliphatic rings. The minimum atomic E-state index is -1.90. The van der Waals surface area contributed by atoms with Gasteiger partial charge in [0, 0.05) is 13.1 Å². The van der Waals surface area contributed by atoms with Crippen molar-refractivity contribution in [1.29, 1.82) is 0 Å². The lowest BCUT2D eigenvalue weighted by molar-refractivity contribution is -0.147. The van der Waals surface area contributed by atoms with Crippen molar-refractivity contribution < 1.29 is 28.3 Å². The van der Waals surface area contributed by atoms with E-state index in [4.69, 9.17) is 19.6 Å². The van der Waals surface area contributed by atoms with Crippen LogP contribution in [0.5, 0.6) is 0 Å². The molecule has 1 aromatic heterocycles. The maximum Gasteiger partial charge on any atom is 0.405 e. The Bertz CT molecular complexity index is 1140. The lowest BCUT2D eigenvalue weighted by Crippen LogP contribution is -2.58. The van der Waals surface area contributed by atoms with Gasteiger partial charge < -0.3 is 24.5 Å². The Morgan fingerprint density at radius 1 is 1.09 bits per heavy atom. The fourth-order valence-electron chi connectivity index (χ4n) is 4.39. The fourth-order valence-corrected chi connectivity index (χ4v) is 4.39. The lowest BCUT2D eigenvalue weighted by Gasteiger charge is -2.39. The Morgan fingerprint density at radius 2 is 1.76 bits per heavy atom. The van der Waals surface area contributed by atoms with E-state index >= 15 is 0 Å². The summed E-state index contributed by atoms with van der Waals surface area (Å²) < 4.78 is 16.6. The summed E-state index contributed by atoms with van der Waals surface area (Å²) in [5, 5.41) is 0. The van der Waals surface area contributed by atoms with Gasteiger partial charge in [-0.25, -0.2) is 9.78 Å². The normalized spacial score (nSPS) is 16.6. The van der Waals surface area contributed by atoms with Gasteiger partial charge in [-0.2, -0.15) is 0 Å². The molecule has 1 fully saturated rings. The third kappa shape index (κ3) is 4.65. The van der Waals surface area contributed by atoms with Gasteiger partial charge in [0.25, 0.3) is 11.7 Å². The number of carbonyl (C=O) groups excluding carboxylic acids is 3. The van der Waals surface area contributed by atoms with E-state index in [9.17, 15) is 14.4 Å². The van der Waals surface area contributed by atoms with Crippen LogP contribution >= 0.6 is 0 Å². The molecule has 0 aliphatic carbocycles. The fraction of sp³-hybridized carbons (Fsp3) is 0.360. The molecule has 9 heteroatoms. The van der Waals surface area contributed by atoms with Gasteiger partial charge in [-0.15, -0.1) is 0 Å². The largest absolute Gasteiger partial charge is 0.434 e. The molecule has 2 amide bonds. The molecule has 4 rings (SSSR count). The predicted octanol–water partition coefficient (Wildman–Crippen LogP) is 2.97. The van der Waals surface area contributed by atoms with Gasteiger partial charge in [0.1, 0.15) is 5.52 Å². The summed E-state index contributed by atoms with van der Waals surface area (Å²) in [7, 11) is 0. The van der Waals surface area contributed by atoms with Gasteiger partial charge in [-0.05, 0) is 30.5 Å². The summed E-state index contributed by atoms with van der Waals surface area (Å²) in [6.45, 7) is 3.20. The van der Waals surface area contributed by atoms with Crippen LogP contribution in [-0.2, 0) is 20.7 Å². The number of nitrogens with zero attached hydrogens (tertiary/aromatic N) is 2. The van der Waals surface area contributed by atoms with Crippen molar-refractivity contribution in [3.8, 4) is 0 Å². The molecule has 2 aromatic carbocycles. The van der Waals surface area contributed by atoms with Gasteiger partial charge in [-0.1, -0.05) is 49.4 Å². The average molecular weight is 466 g/mol. The van der Waals surface area contributed by atoms with Gasteiger partial charge in [0.05, 0.1) is 19.1 Å². The van der Waals surface area contributed by atoms with Gasteiger partial charge in [0.15, 0.2) is 11.2 Å². The topological polar surface area (TPSA) is 125 Å². The number of amides is 2. The number of oxazole rings is 1. The zero-order valence-electron chi connectivity index (χ0n) is 18.9. The van der Waals surface area contributed by atoms with Gasteiger partial charge >= 0.3 is 6.09 Å². The third-order valence-corrected chi connectivity index (χ3v) is 6.15. The highest BCUT2D eigenvalue weighted by molar-refractivity contribution is 6.04. The van der Waals surface area contributed by atoms with E-state index in [0.29, 0.717) is 37.4 Å². The predicted molar refractivity (Wildman–Crippen MR) is 123 cm³/mol. The molecule has 1 aliphatic heterocycles. The summed E-state index contributed by atoms with van der Waals surface area (Å²) in [6, 6.07) is 16.2. The number of morpholine rings is 1. The number of nitrogens with two attached hydrogens (primary N) is 1. The number of primary amides is 1. The van der Waals surface area contributed by atoms with Crippen LogP contribution in [0.15, 0.2) is 59.0 Å². The SMILES string of the molecule is CCC(OC(N)=O)(C(=O)c1nc2ccccc2o1)C(Cc1ccccc1)C(=O)N1CCOCC1. The molecule has 0 radical (unpaired) electrons. The van der Waals surface area contributed by atoms with E-state index in [1.165, 1.54) is 0 Å². The minimum absolute atomic E-state index is 0.00107. The number of ether oxygens (including phenoxy) is 2. The van der Waals surface area contributed by atoms with E-state index in [1.54, 1.807) is 36.1 Å². The highest BCUT2D eigenvalue weighted by Crippen LogP contribution is 2.35. The monoisotopic (exact) mass is 465 g/mol. The number of rotatable bonds is 8. The van der Waals surface area contributed by atoms with Crippen LogP contribution in [0, 0.1) is 5.92 Å². The highest BCUT2D eigenvalue weighted by Gasteiger charge is 2.54. The molecule has 1 saturated heterocycles. The molecule has 9 nitrogen and oxygen atoms in total. The number of hydrogen-bond acceptors (Lipinski definition) is 7. The molecule has 2 N–H and O–H groups in total. The summed E-state index contributed by atoms with van der Waals surface area (Å²) in [5.41, 5.74) is 5.24. The maximum atomic E-state index is 13.9. The first kappa shape index (κ1) is 23.4. The van der Waals surface area contributed by atoms with Crippen molar-refractivity contribution in [2.24, 2.45) is 11.7 Å². The maximum absolute atomic E-state index is 13.9. The second-order valence-corrected chi connectivity index (χ2v) is 8.16. The Morgan fingerprint density at radius 3 is 2.41 bits per heavy atom. The molecule has 2 unspecified atom stereocenters. The molecule has 2 heterocycles. The highest BCUT2D eigenvalue weighted by atomic mass is 16.6. The quantitative estimate of drug-likeness (QED) is 0.507. The summed E-state index contributed by atoms with van der Waals surface area (Å²) >= 11 is 0. The Hall–Kier alpha value is -3.72. The Balaban J connectivity index is 1.81. The summed E-state index contributed by atoms with van der Waals surface area (Å²) in [5.74, 6) is -2.31. The van der Waals surface area contributed by atoms with Gasteiger partial charge in [-0.3, -0.25) is 9.59 Å². The van der Waals surface area contributed by atoms with E-state index in [1.807, 2.05) is 30.3 Å². The number of hydrogen-bond donors (Lipinski definition) is 1. The lowest BCUT2D eigenvalue weighted by atomic mass is 9.76. The van der Waals surface area contributed by atoms with Crippen LogP contribution in [-0.4, -0.2) is 59.6 Å². The minimum Gasteiger partial charge on any atom is -0.434 e. The van der Waals surface area contributed by atoms with Gasteiger partial charge in [0.2, 0.25) is 5.91 Å². The first-order valence-corrected chi connectivity index (χ1v) is 11.2. The number of carbonyl (C=O) groups is 3. The van der Waals surface area contributed by atoms with Crippen molar-refractivity contribution >= 4 is 28.9 Å². The van der Waals surface area contributed by atoms with E-state index < -0.39 is 23.4 Å². The molecule has 34 heavy (non-hydrogen) atoms. The van der Waals surface area contributed by atoms with Crippen LogP contribution in [0.1, 0.15) is 29.6 Å². The zero-order valence-corrected chi connectivity index (χ0v) is 18.9. The van der Waals surface area contributed by atoms with Crippen LogP contribution < -0.4 is 5.73 Å². The molecule has 3 aromatic rings. The van der Waals surface area contributed by atoms with Crippen LogP contribution in [0.25, 0.3) is 11.1 Å². The van der Waals surface area contributed by atoms with Crippen LogP contribution in [0.4, 0.5) is 4.79 Å². The number of Topliss-reactive ketones (excluding diaryl/α,β-unsaturated/α-hetero) is 1. The van der Waals surface area contributed by atoms with Crippen LogP contribution in [0.2, 0.25) is 0 Å². The Kier molecular flexibility index (Phi) is 6.93. The number of benzene rings is 2. The molecule has 0 spiro atoms.